The van der Waals surface area contributed by atoms with Crippen molar-refractivity contribution in [3.05, 3.63) is 65.2 Å². The van der Waals surface area contributed by atoms with Crippen LogP contribution in [0.25, 0.3) is 10.9 Å². The van der Waals surface area contributed by atoms with Crippen LogP contribution >= 0.6 is 10.6 Å². The van der Waals surface area contributed by atoms with E-state index in [1.807, 2.05) is 42.2 Å². The average Bonchev–Trinajstić information content (AvgIpc) is 2.88. The van der Waals surface area contributed by atoms with Crippen molar-refractivity contribution in [2.75, 3.05) is 17.2 Å². The lowest BCUT2D eigenvalue weighted by atomic mass is 9.95. The summed E-state index contributed by atoms with van der Waals surface area (Å²) in [6.07, 6.45) is -5.00. The summed E-state index contributed by atoms with van der Waals surface area (Å²) in [6, 6.07) is 11.4. The van der Waals surface area contributed by atoms with Crippen LogP contribution in [-0.4, -0.2) is 38.6 Å². The second kappa shape index (κ2) is 8.77. The van der Waals surface area contributed by atoms with Gasteiger partial charge in [-0.25, -0.2) is 4.98 Å². The summed E-state index contributed by atoms with van der Waals surface area (Å²) in [5.74, 6) is 0.641. The maximum atomic E-state index is 13.1. The summed E-state index contributed by atoms with van der Waals surface area (Å²) in [5, 5.41) is 0.681. The second-order valence-electron chi connectivity index (χ2n) is 8.48. The highest BCUT2D eigenvalue weighted by Gasteiger charge is 2.38. The summed E-state index contributed by atoms with van der Waals surface area (Å²) in [4.78, 5) is 7.15. The summed E-state index contributed by atoms with van der Waals surface area (Å²) in [5.41, 5.74) is 14.5. The first-order chi connectivity index (χ1) is 15.5. The van der Waals surface area contributed by atoms with Gasteiger partial charge < -0.3 is 16.4 Å². The monoisotopic (exact) mass is 480 g/mol. The van der Waals surface area contributed by atoms with Crippen LogP contribution in [0.5, 0.6) is 0 Å². The van der Waals surface area contributed by atoms with Gasteiger partial charge in [-0.15, -0.1) is 0 Å². The summed E-state index contributed by atoms with van der Waals surface area (Å²) in [6.45, 7) is 2.59. The van der Waals surface area contributed by atoms with Crippen LogP contribution in [-0.2, 0) is 6.54 Å². The molecule has 0 bridgehead atoms. The molecule has 2 heterocycles. The second-order valence-corrected chi connectivity index (χ2v) is 10.7. The molecule has 6 N–H and O–H groups in total. The minimum Gasteiger partial charge on any atom is -0.351 e. The zero-order valence-electron chi connectivity index (χ0n) is 18.1. The number of hydrogen-bond donors (Lipinski definition) is 4. The first kappa shape index (κ1) is 23.8. The molecule has 4 rings (SSSR count). The number of alkyl halides is 3. The van der Waals surface area contributed by atoms with Crippen molar-refractivity contribution < 1.29 is 22.3 Å². The normalized spacial score (nSPS) is 19.0. The van der Waals surface area contributed by atoms with Gasteiger partial charge in [0.15, 0.2) is 0 Å². The van der Waals surface area contributed by atoms with E-state index in [-0.39, 0.29) is 5.75 Å². The van der Waals surface area contributed by atoms with E-state index in [1.165, 1.54) is 0 Å². The number of hydrogen-bond acceptors (Lipinski definition) is 6. The van der Waals surface area contributed by atoms with Gasteiger partial charge in [0, 0.05) is 24.5 Å². The number of aromatic nitrogens is 1. The topological polar surface area (TPSA) is 109 Å². The van der Waals surface area contributed by atoms with Crippen LogP contribution in [0.3, 0.4) is 0 Å². The molecule has 0 spiro atoms. The molecule has 0 aliphatic carbocycles. The van der Waals surface area contributed by atoms with Crippen molar-refractivity contribution in [3.63, 3.8) is 0 Å². The van der Waals surface area contributed by atoms with Crippen molar-refractivity contribution in [2.24, 2.45) is 11.5 Å². The number of pyridine rings is 1. The summed E-state index contributed by atoms with van der Waals surface area (Å²) >= 11 is 0. The van der Waals surface area contributed by atoms with E-state index in [4.69, 9.17) is 16.5 Å². The third-order valence-electron chi connectivity index (χ3n) is 5.97. The van der Waals surface area contributed by atoms with Crippen LogP contribution in [0.1, 0.15) is 29.2 Å². The molecular weight excluding hydrogens is 453 g/mol. The Morgan fingerprint density at radius 1 is 1.12 bits per heavy atom. The Morgan fingerprint density at radius 2 is 1.85 bits per heavy atom. The molecule has 1 aromatic heterocycles. The van der Waals surface area contributed by atoms with Crippen molar-refractivity contribution in [3.8, 4) is 0 Å². The number of nitrogens with zero attached hydrogens (tertiary/aromatic N) is 2. The SMILES string of the molecule is Cc1ccc2nc(N3CCS(O)(O)c4ccccc4C3)cc(C(N)CC(N)C(F)(F)F)c2c1. The van der Waals surface area contributed by atoms with E-state index in [2.05, 4.69) is 0 Å². The van der Waals surface area contributed by atoms with Gasteiger partial charge in [0.1, 0.15) is 11.9 Å². The Hall–Kier alpha value is -2.37. The molecular formula is C23H27F3N4O2S. The van der Waals surface area contributed by atoms with Crippen LogP contribution in [0.4, 0.5) is 19.0 Å². The molecule has 3 aromatic rings. The smallest absolute Gasteiger partial charge is 0.351 e. The molecule has 2 aromatic carbocycles. The Balaban J connectivity index is 1.77. The predicted octanol–water partition coefficient (Wildman–Crippen LogP) is 4.95. The highest BCUT2D eigenvalue weighted by Crippen LogP contribution is 2.51. The van der Waals surface area contributed by atoms with E-state index in [9.17, 15) is 22.3 Å². The van der Waals surface area contributed by atoms with Crippen LogP contribution in [0.2, 0.25) is 0 Å². The van der Waals surface area contributed by atoms with Gasteiger partial charge in [-0.05, 0) is 48.7 Å². The van der Waals surface area contributed by atoms with Crippen molar-refractivity contribution in [1.29, 1.82) is 0 Å². The number of halogens is 3. The molecule has 0 saturated carbocycles. The lowest BCUT2D eigenvalue weighted by Gasteiger charge is -2.32. The third-order valence-corrected chi connectivity index (χ3v) is 7.82. The standard InChI is InChI=1S/C23H27F3N4O2S/c1-14-6-7-19-17(10-14)16(18(27)12-21(28)23(24,25)26)11-22(29-19)30-8-9-33(31,32)20-5-3-2-4-15(20)13-30/h2-7,10-11,18,21,31-32H,8-9,12-13,27-28H2,1H3. The minimum atomic E-state index is -4.54. The lowest BCUT2D eigenvalue weighted by Crippen LogP contribution is -2.39. The maximum Gasteiger partial charge on any atom is 0.403 e. The average molecular weight is 481 g/mol. The van der Waals surface area contributed by atoms with Gasteiger partial charge >= 0.3 is 6.18 Å². The number of rotatable bonds is 4. The Labute approximate surface area is 191 Å². The van der Waals surface area contributed by atoms with E-state index in [0.717, 1.165) is 11.1 Å². The first-order valence-electron chi connectivity index (χ1n) is 10.5. The number of benzene rings is 2. The van der Waals surface area contributed by atoms with Gasteiger partial charge in [0.25, 0.3) is 0 Å². The largest absolute Gasteiger partial charge is 0.403 e. The van der Waals surface area contributed by atoms with Crippen molar-refractivity contribution in [1.82, 2.24) is 4.98 Å². The van der Waals surface area contributed by atoms with Crippen molar-refractivity contribution in [2.45, 2.75) is 43.0 Å². The number of anilines is 1. The first-order valence-corrected chi connectivity index (χ1v) is 12.3. The molecule has 6 nitrogen and oxygen atoms in total. The van der Waals surface area contributed by atoms with Crippen LogP contribution in [0, 0.1) is 6.92 Å². The number of nitrogens with two attached hydrogens (primary N) is 2. The summed E-state index contributed by atoms with van der Waals surface area (Å²) < 4.78 is 60.5. The fourth-order valence-electron chi connectivity index (χ4n) is 4.14. The van der Waals surface area contributed by atoms with Crippen LogP contribution < -0.4 is 16.4 Å². The molecule has 2 unspecified atom stereocenters. The molecule has 178 valence electrons. The molecule has 1 aliphatic heterocycles. The molecule has 0 fully saturated rings. The van der Waals surface area contributed by atoms with Gasteiger partial charge in [-0.1, -0.05) is 29.8 Å². The van der Waals surface area contributed by atoms with E-state index in [1.54, 1.807) is 18.2 Å². The van der Waals surface area contributed by atoms with E-state index < -0.39 is 35.3 Å². The van der Waals surface area contributed by atoms with E-state index in [0.29, 0.717) is 40.3 Å². The third kappa shape index (κ3) is 4.95. The quantitative estimate of drug-likeness (QED) is 0.421. The fraction of sp³-hybridized carbons (Fsp3) is 0.348. The van der Waals surface area contributed by atoms with Crippen LogP contribution in [0.15, 0.2) is 53.4 Å². The highest BCUT2D eigenvalue weighted by atomic mass is 32.3. The predicted molar refractivity (Wildman–Crippen MR) is 126 cm³/mol. The van der Waals surface area contributed by atoms with Gasteiger partial charge in [0.05, 0.1) is 16.2 Å². The molecule has 0 radical (unpaired) electrons. The lowest BCUT2D eigenvalue weighted by molar-refractivity contribution is -0.149. The number of fused-ring (bicyclic) bond motifs is 2. The zero-order chi connectivity index (χ0) is 24.0. The Morgan fingerprint density at radius 3 is 2.58 bits per heavy atom. The van der Waals surface area contributed by atoms with Gasteiger partial charge in [0.2, 0.25) is 0 Å². The van der Waals surface area contributed by atoms with Crippen molar-refractivity contribution >= 4 is 27.3 Å². The van der Waals surface area contributed by atoms with E-state index >= 15 is 0 Å². The zero-order valence-corrected chi connectivity index (χ0v) is 18.9. The van der Waals surface area contributed by atoms with Gasteiger partial charge in [-0.3, -0.25) is 9.11 Å². The maximum absolute atomic E-state index is 13.1. The Kier molecular flexibility index (Phi) is 6.32. The Bertz CT molecular complexity index is 1170. The van der Waals surface area contributed by atoms with Gasteiger partial charge in [-0.2, -0.15) is 23.8 Å². The molecule has 10 heteroatoms. The molecule has 0 amide bonds. The number of aryl methyl sites for hydroxylation is 1. The molecule has 0 saturated heterocycles. The minimum absolute atomic E-state index is 0.123. The molecule has 2 atom stereocenters. The molecule has 1 aliphatic rings. The summed E-state index contributed by atoms with van der Waals surface area (Å²) in [7, 11) is -2.96. The fourth-order valence-corrected chi connectivity index (χ4v) is 5.68. The highest BCUT2D eigenvalue weighted by molar-refractivity contribution is 8.24. The molecule has 33 heavy (non-hydrogen) atoms.